The highest BCUT2D eigenvalue weighted by Crippen LogP contribution is 2.28. The third-order valence-corrected chi connectivity index (χ3v) is 3.97. The topological polar surface area (TPSA) is 24.9 Å². The second kappa shape index (κ2) is 7.01. The van der Waals surface area contributed by atoms with Crippen molar-refractivity contribution in [2.75, 3.05) is 6.54 Å². The van der Waals surface area contributed by atoms with E-state index in [1.807, 2.05) is 6.07 Å². The van der Waals surface area contributed by atoms with Crippen molar-refractivity contribution in [2.45, 2.75) is 39.2 Å². The summed E-state index contributed by atoms with van der Waals surface area (Å²) in [5.74, 6) is 0. The van der Waals surface area contributed by atoms with Gasteiger partial charge in [-0.15, -0.1) is 0 Å². The highest BCUT2D eigenvalue weighted by Gasteiger charge is 2.15. The van der Waals surface area contributed by atoms with E-state index < -0.39 is 0 Å². The average molecular weight is 321 g/mol. The number of nitrogens with zero attached hydrogens (tertiary/aromatic N) is 1. The number of pyridine rings is 1. The van der Waals surface area contributed by atoms with E-state index in [0.717, 1.165) is 28.6 Å². The number of halogens is 1. The van der Waals surface area contributed by atoms with E-state index in [-0.39, 0.29) is 0 Å². The number of unbranched alkanes of at least 4 members (excludes halogenated alkanes) is 1. The largest absolute Gasteiger partial charge is 0.309 e. The number of hydrogen-bond acceptors (Lipinski definition) is 2. The summed E-state index contributed by atoms with van der Waals surface area (Å²) in [5.41, 5.74) is 2.20. The van der Waals surface area contributed by atoms with E-state index >= 15 is 0 Å². The number of aromatic nitrogens is 1. The standard InChI is InChI=1S/C16H21BrN2/c1-3-5-9-15(18-4-2)16-13(17)11-12-8-6-7-10-14(12)19-16/h6-8,10-11,15,18H,3-5,9H2,1-2H3. The van der Waals surface area contributed by atoms with Crippen LogP contribution < -0.4 is 5.32 Å². The lowest BCUT2D eigenvalue weighted by Gasteiger charge is -2.19. The van der Waals surface area contributed by atoms with E-state index in [4.69, 9.17) is 4.98 Å². The molecule has 19 heavy (non-hydrogen) atoms. The van der Waals surface area contributed by atoms with Crippen LogP contribution in [-0.2, 0) is 0 Å². The predicted octanol–water partition coefficient (Wildman–Crippen LogP) is 4.84. The van der Waals surface area contributed by atoms with E-state index in [1.54, 1.807) is 0 Å². The lowest BCUT2D eigenvalue weighted by molar-refractivity contribution is 0.484. The van der Waals surface area contributed by atoms with Crippen molar-refractivity contribution in [3.05, 3.63) is 40.5 Å². The first-order valence-electron chi connectivity index (χ1n) is 7.04. The fourth-order valence-electron chi connectivity index (χ4n) is 2.34. The molecule has 3 heteroatoms. The van der Waals surface area contributed by atoms with E-state index in [2.05, 4.69) is 59.4 Å². The number of rotatable bonds is 6. The van der Waals surface area contributed by atoms with Gasteiger partial charge in [-0.25, -0.2) is 4.98 Å². The van der Waals surface area contributed by atoms with Crippen LogP contribution in [0.1, 0.15) is 44.8 Å². The fraction of sp³-hybridized carbons (Fsp3) is 0.438. The molecule has 0 saturated carbocycles. The van der Waals surface area contributed by atoms with Crippen molar-refractivity contribution in [1.29, 1.82) is 0 Å². The molecule has 1 atom stereocenters. The van der Waals surface area contributed by atoms with Gasteiger partial charge in [0, 0.05) is 9.86 Å². The highest BCUT2D eigenvalue weighted by atomic mass is 79.9. The molecule has 0 amide bonds. The quantitative estimate of drug-likeness (QED) is 0.823. The van der Waals surface area contributed by atoms with Gasteiger partial charge in [-0.3, -0.25) is 0 Å². The smallest absolute Gasteiger partial charge is 0.0722 e. The van der Waals surface area contributed by atoms with Gasteiger partial charge in [-0.2, -0.15) is 0 Å². The van der Waals surface area contributed by atoms with Crippen molar-refractivity contribution in [2.24, 2.45) is 0 Å². The third kappa shape index (κ3) is 3.54. The normalized spacial score (nSPS) is 12.8. The van der Waals surface area contributed by atoms with Gasteiger partial charge in [0.25, 0.3) is 0 Å². The lowest BCUT2D eigenvalue weighted by atomic mass is 10.0. The van der Waals surface area contributed by atoms with Crippen LogP contribution in [0, 0.1) is 0 Å². The first kappa shape index (κ1) is 14.5. The molecule has 1 heterocycles. The van der Waals surface area contributed by atoms with Gasteiger partial charge in [0.15, 0.2) is 0 Å². The highest BCUT2D eigenvalue weighted by molar-refractivity contribution is 9.10. The second-order valence-electron chi connectivity index (χ2n) is 4.80. The van der Waals surface area contributed by atoms with Crippen molar-refractivity contribution in [1.82, 2.24) is 10.3 Å². The van der Waals surface area contributed by atoms with Crippen molar-refractivity contribution >= 4 is 26.8 Å². The molecular formula is C16H21BrN2. The molecule has 1 unspecified atom stereocenters. The zero-order valence-electron chi connectivity index (χ0n) is 11.6. The molecule has 2 aromatic rings. The molecule has 1 N–H and O–H groups in total. The molecule has 2 rings (SSSR count). The van der Waals surface area contributed by atoms with E-state index in [0.29, 0.717) is 6.04 Å². The molecule has 0 spiro atoms. The maximum atomic E-state index is 4.84. The van der Waals surface area contributed by atoms with Gasteiger partial charge in [0.1, 0.15) is 0 Å². The van der Waals surface area contributed by atoms with Crippen LogP contribution in [0.15, 0.2) is 34.8 Å². The number of hydrogen-bond donors (Lipinski definition) is 1. The van der Waals surface area contributed by atoms with Crippen LogP contribution in [0.3, 0.4) is 0 Å². The van der Waals surface area contributed by atoms with Crippen LogP contribution in [0.25, 0.3) is 10.9 Å². The Morgan fingerprint density at radius 3 is 2.79 bits per heavy atom. The summed E-state index contributed by atoms with van der Waals surface area (Å²) in [5, 5.41) is 4.73. The molecule has 0 aliphatic carbocycles. The molecule has 0 saturated heterocycles. The van der Waals surface area contributed by atoms with Gasteiger partial charge in [0.2, 0.25) is 0 Å². The third-order valence-electron chi connectivity index (χ3n) is 3.33. The van der Waals surface area contributed by atoms with Gasteiger partial charge in [0.05, 0.1) is 17.3 Å². The Bertz CT molecular complexity index is 539. The Labute approximate surface area is 123 Å². The molecule has 0 aliphatic heterocycles. The maximum Gasteiger partial charge on any atom is 0.0722 e. The number of nitrogens with one attached hydrogen (secondary N) is 1. The molecule has 2 nitrogen and oxygen atoms in total. The van der Waals surface area contributed by atoms with Crippen LogP contribution in [-0.4, -0.2) is 11.5 Å². The molecule has 1 aromatic carbocycles. The summed E-state index contributed by atoms with van der Waals surface area (Å²) < 4.78 is 1.10. The minimum Gasteiger partial charge on any atom is -0.309 e. The summed E-state index contributed by atoms with van der Waals surface area (Å²) in [6, 6.07) is 10.8. The van der Waals surface area contributed by atoms with Gasteiger partial charge >= 0.3 is 0 Å². The summed E-state index contributed by atoms with van der Waals surface area (Å²) in [4.78, 5) is 4.84. The average Bonchev–Trinajstić information content (AvgIpc) is 2.43. The van der Waals surface area contributed by atoms with Crippen molar-refractivity contribution in [3.63, 3.8) is 0 Å². The number of fused-ring (bicyclic) bond motifs is 1. The minimum atomic E-state index is 0.337. The summed E-state index contributed by atoms with van der Waals surface area (Å²) in [7, 11) is 0. The Morgan fingerprint density at radius 1 is 1.26 bits per heavy atom. The predicted molar refractivity (Wildman–Crippen MR) is 85.4 cm³/mol. The summed E-state index contributed by atoms with van der Waals surface area (Å²) >= 11 is 3.68. The zero-order valence-corrected chi connectivity index (χ0v) is 13.2. The zero-order chi connectivity index (χ0) is 13.7. The Balaban J connectivity index is 2.37. The first-order valence-corrected chi connectivity index (χ1v) is 7.84. The molecule has 0 bridgehead atoms. The number of benzene rings is 1. The van der Waals surface area contributed by atoms with Gasteiger partial charge in [-0.1, -0.05) is 44.9 Å². The Kier molecular flexibility index (Phi) is 5.34. The van der Waals surface area contributed by atoms with Crippen LogP contribution >= 0.6 is 15.9 Å². The SMILES string of the molecule is CCCCC(NCC)c1nc2ccccc2cc1Br. The van der Waals surface area contributed by atoms with Crippen molar-refractivity contribution in [3.8, 4) is 0 Å². The molecule has 102 valence electrons. The van der Waals surface area contributed by atoms with E-state index in [9.17, 15) is 0 Å². The summed E-state index contributed by atoms with van der Waals surface area (Å²) in [6.07, 6.45) is 3.57. The molecule has 0 aliphatic rings. The maximum absolute atomic E-state index is 4.84. The van der Waals surface area contributed by atoms with Crippen LogP contribution in [0.2, 0.25) is 0 Å². The van der Waals surface area contributed by atoms with Crippen LogP contribution in [0.4, 0.5) is 0 Å². The molecule has 1 aromatic heterocycles. The molecular weight excluding hydrogens is 300 g/mol. The monoisotopic (exact) mass is 320 g/mol. The second-order valence-corrected chi connectivity index (χ2v) is 5.65. The van der Waals surface area contributed by atoms with Crippen molar-refractivity contribution < 1.29 is 0 Å². The van der Waals surface area contributed by atoms with Gasteiger partial charge < -0.3 is 5.32 Å². The van der Waals surface area contributed by atoms with Crippen LogP contribution in [0.5, 0.6) is 0 Å². The first-order chi connectivity index (χ1) is 9.26. The molecule has 0 fully saturated rings. The Hall–Kier alpha value is -0.930. The lowest BCUT2D eigenvalue weighted by Crippen LogP contribution is -2.22. The van der Waals surface area contributed by atoms with E-state index in [1.165, 1.54) is 18.2 Å². The van der Waals surface area contributed by atoms with Gasteiger partial charge in [-0.05, 0) is 41.0 Å². The summed E-state index contributed by atoms with van der Waals surface area (Å²) in [6.45, 7) is 5.34. The number of para-hydroxylation sites is 1. The molecule has 0 radical (unpaired) electrons. The minimum absolute atomic E-state index is 0.337. The Morgan fingerprint density at radius 2 is 2.05 bits per heavy atom. The fourth-order valence-corrected chi connectivity index (χ4v) is 2.95.